The third kappa shape index (κ3) is 2.81. The third-order valence-electron chi connectivity index (χ3n) is 3.93. The Bertz CT molecular complexity index is 917. The SMILES string of the molecule is CN(C)S(=O)(=O)c1ccc(-n2ncc(C(=O)O)c2C2CC2)c(Cl)c1. The van der Waals surface area contributed by atoms with Crippen LogP contribution in [-0.4, -0.2) is 47.7 Å². The zero-order valence-electron chi connectivity index (χ0n) is 13.1. The molecule has 1 saturated carbocycles. The fourth-order valence-corrected chi connectivity index (χ4v) is 3.75. The lowest BCUT2D eigenvalue weighted by atomic mass is 10.1. The lowest BCUT2D eigenvalue weighted by Crippen LogP contribution is -2.22. The second-order valence-electron chi connectivity index (χ2n) is 5.84. The number of nitrogens with zero attached hydrogens (tertiary/aromatic N) is 3. The second kappa shape index (κ2) is 5.87. The molecule has 1 N–H and O–H groups in total. The summed E-state index contributed by atoms with van der Waals surface area (Å²) >= 11 is 6.27. The van der Waals surface area contributed by atoms with Gasteiger partial charge in [-0.2, -0.15) is 5.10 Å². The van der Waals surface area contributed by atoms with Gasteiger partial charge in [0.1, 0.15) is 5.56 Å². The Morgan fingerprint density at radius 2 is 2.04 bits per heavy atom. The first-order valence-corrected chi connectivity index (χ1v) is 9.09. The molecule has 0 saturated heterocycles. The molecular weight excluding hydrogens is 354 g/mol. The minimum atomic E-state index is -3.60. The second-order valence-corrected chi connectivity index (χ2v) is 8.39. The predicted molar refractivity (Wildman–Crippen MR) is 88.4 cm³/mol. The van der Waals surface area contributed by atoms with Crippen molar-refractivity contribution in [2.45, 2.75) is 23.7 Å². The van der Waals surface area contributed by atoms with Crippen LogP contribution in [0.25, 0.3) is 5.69 Å². The molecule has 2 aromatic rings. The van der Waals surface area contributed by atoms with Gasteiger partial charge in [0.25, 0.3) is 0 Å². The summed E-state index contributed by atoms with van der Waals surface area (Å²) in [5, 5.41) is 13.7. The number of aromatic nitrogens is 2. The van der Waals surface area contributed by atoms with E-state index < -0.39 is 16.0 Å². The van der Waals surface area contributed by atoms with Gasteiger partial charge in [-0.25, -0.2) is 22.2 Å². The maximum atomic E-state index is 12.2. The van der Waals surface area contributed by atoms with E-state index in [9.17, 15) is 18.3 Å². The van der Waals surface area contributed by atoms with E-state index in [1.165, 1.54) is 37.1 Å². The maximum absolute atomic E-state index is 12.2. The van der Waals surface area contributed by atoms with Crippen molar-refractivity contribution < 1.29 is 18.3 Å². The number of rotatable bonds is 5. The van der Waals surface area contributed by atoms with E-state index in [0.717, 1.165) is 17.1 Å². The number of carboxylic acids is 1. The fraction of sp³-hybridized carbons (Fsp3) is 0.333. The van der Waals surface area contributed by atoms with Crippen molar-refractivity contribution in [3.8, 4) is 5.69 Å². The van der Waals surface area contributed by atoms with Crippen molar-refractivity contribution in [1.82, 2.24) is 14.1 Å². The molecule has 0 spiro atoms. The van der Waals surface area contributed by atoms with Crippen LogP contribution in [0.5, 0.6) is 0 Å². The molecule has 0 atom stereocenters. The lowest BCUT2D eigenvalue weighted by molar-refractivity contribution is 0.0695. The Morgan fingerprint density at radius 3 is 2.54 bits per heavy atom. The molecule has 3 rings (SSSR count). The molecule has 0 amide bonds. The molecule has 9 heteroatoms. The largest absolute Gasteiger partial charge is 0.478 e. The van der Waals surface area contributed by atoms with Crippen molar-refractivity contribution in [1.29, 1.82) is 0 Å². The molecule has 1 aliphatic rings. The first kappa shape index (κ1) is 16.9. The number of sulfonamides is 1. The van der Waals surface area contributed by atoms with Gasteiger partial charge in [0, 0.05) is 20.0 Å². The minimum Gasteiger partial charge on any atom is -0.478 e. The van der Waals surface area contributed by atoms with Gasteiger partial charge in [-0.15, -0.1) is 0 Å². The number of benzene rings is 1. The van der Waals surface area contributed by atoms with Gasteiger partial charge < -0.3 is 5.11 Å². The average Bonchev–Trinajstić information content (AvgIpc) is 3.25. The topological polar surface area (TPSA) is 92.5 Å². The highest BCUT2D eigenvalue weighted by molar-refractivity contribution is 7.89. The van der Waals surface area contributed by atoms with E-state index >= 15 is 0 Å². The highest BCUT2D eigenvalue weighted by Crippen LogP contribution is 2.43. The molecule has 0 unspecified atom stereocenters. The van der Waals surface area contributed by atoms with Gasteiger partial charge in [0.2, 0.25) is 10.0 Å². The van der Waals surface area contributed by atoms with Gasteiger partial charge in [0.05, 0.1) is 27.5 Å². The Balaban J connectivity index is 2.11. The Morgan fingerprint density at radius 1 is 1.38 bits per heavy atom. The molecule has 1 heterocycles. The van der Waals surface area contributed by atoms with Crippen molar-refractivity contribution in [2.24, 2.45) is 0 Å². The number of carbonyl (C=O) groups is 1. The van der Waals surface area contributed by atoms with Crippen LogP contribution >= 0.6 is 11.6 Å². The molecular formula is C15H16ClN3O4S. The Kier molecular flexibility index (Phi) is 4.15. The smallest absolute Gasteiger partial charge is 0.339 e. The summed E-state index contributed by atoms with van der Waals surface area (Å²) in [5.74, 6) is -0.897. The first-order valence-electron chi connectivity index (χ1n) is 7.27. The zero-order chi connectivity index (χ0) is 17.6. The molecule has 1 aromatic heterocycles. The molecule has 128 valence electrons. The normalized spacial score (nSPS) is 15.0. The Hall–Kier alpha value is -1.90. The van der Waals surface area contributed by atoms with Crippen LogP contribution in [0.2, 0.25) is 5.02 Å². The number of hydrogen-bond donors (Lipinski definition) is 1. The van der Waals surface area contributed by atoms with Crippen LogP contribution in [0, 0.1) is 0 Å². The molecule has 0 radical (unpaired) electrons. The monoisotopic (exact) mass is 369 g/mol. The number of hydrogen-bond acceptors (Lipinski definition) is 4. The quantitative estimate of drug-likeness (QED) is 0.873. The lowest BCUT2D eigenvalue weighted by Gasteiger charge is -2.14. The summed E-state index contributed by atoms with van der Waals surface area (Å²) in [6.45, 7) is 0. The average molecular weight is 370 g/mol. The summed E-state index contributed by atoms with van der Waals surface area (Å²) in [6.07, 6.45) is 3.10. The van der Waals surface area contributed by atoms with Crippen LogP contribution in [0.3, 0.4) is 0 Å². The van der Waals surface area contributed by atoms with Crippen LogP contribution in [0.4, 0.5) is 0 Å². The molecule has 0 bridgehead atoms. The van der Waals surface area contributed by atoms with E-state index in [4.69, 9.17) is 11.6 Å². The van der Waals surface area contributed by atoms with Crippen molar-refractivity contribution in [2.75, 3.05) is 14.1 Å². The van der Waals surface area contributed by atoms with Gasteiger partial charge in [-0.1, -0.05) is 11.6 Å². The number of halogens is 1. The van der Waals surface area contributed by atoms with E-state index in [1.54, 1.807) is 6.07 Å². The third-order valence-corrected chi connectivity index (χ3v) is 6.04. The van der Waals surface area contributed by atoms with E-state index in [2.05, 4.69) is 5.10 Å². The molecule has 24 heavy (non-hydrogen) atoms. The summed E-state index contributed by atoms with van der Waals surface area (Å²) in [5.41, 5.74) is 1.22. The number of aromatic carboxylic acids is 1. The predicted octanol–water partition coefficient (Wildman–Crippen LogP) is 2.35. The summed E-state index contributed by atoms with van der Waals surface area (Å²) in [4.78, 5) is 11.4. The van der Waals surface area contributed by atoms with Crippen LogP contribution < -0.4 is 0 Å². The van der Waals surface area contributed by atoms with E-state index in [-0.39, 0.29) is 21.4 Å². The van der Waals surface area contributed by atoms with Gasteiger partial charge in [-0.3, -0.25) is 0 Å². The van der Waals surface area contributed by atoms with Crippen molar-refractivity contribution >= 4 is 27.6 Å². The maximum Gasteiger partial charge on any atom is 0.339 e. The van der Waals surface area contributed by atoms with Crippen LogP contribution in [0.1, 0.15) is 34.8 Å². The zero-order valence-corrected chi connectivity index (χ0v) is 14.7. The van der Waals surface area contributed by atoms with Gasteiger partial charge in [0.15, 0.2) is 0 Å². The van der Waals surface area contributed by atoms with E-state index in [0.29, 0.717) is 11.4 Å². The van der Waals surface area contributed by atoms with Crippen LogP contribution in [0.15, 0.2) is 29.3 Å². The summed E-state index contributed by atoms with van der Waals surface area (Å²) in [6, 6.07) is 4.34. The molecule has 1 fully saturated rings. The Labute approximate surface area is 144 Å². The summed E-state index contributed by atoms with van der Waals surface area (Å²) in [7, 11) is -0.717. The van der Waals surface area contributed by atoms with Gasteiger partial charge >= 0.3 is 5.97 Å². The van der Waals surface area contributed by atoms with Crippen molar-refractivity contribution in [3.05, 3.63) is 40.7 Å². The fourth-order valence-electron chi connectivity index (χ4n) is 2.49. The molecule has 0 aliphatic heterocycles. The van der Waals surface area contributed by atoms with Crippen LogP contribution in [-0.2, 0) is 10.0 Å². The summed E-state index contributed by atoms with van der Waals surface area (Å²) < 4.78 is 27.0. The first-order chi connectivity index (χ1) is 11.2. The number of carboxylic acid groups (broad SMARTS) is 1. The molecule has 7 nitrogen and oxygen atoms in total. The standard InChI is InChI=1S/C15H16ClN3O4S/c1-18(2)24(22,23)10-5-6-13(12(16)7-10)19-14(9-3-4-9)11(8-17-19)15(20)21/h5-9H,3-4H2,1-2H3,(H,20,21). The van der Waals surface area contributed by atoms with Gasteiger partial charge in [-0.05, 0) is 31.0 Å². The highest BCUT2D eigenvalue weighted by Gasteiger charge is 2.33. The van der Waals surface area contributed by atoms with E-state index in [1.807, 2.05) is 0 Å². The molecule has 1 aromatic carbocycles. The highest BCUT2D eigenvalue weighted by atomic mass is 35.5. The van der Waals surface area contributed by atoms with Crippen molar-refractivity contribution in [3.63, 3.8) is 0 Å². The minimum absolute atomic E-state index is 0.0693. The molecule has 1 aliphatic carbocycles.